The van der Waals surface area contributed by atoms with E-state index in [1.807, 2.05) is 24.3 Å². The van der Waals surface area contributed by atoms with Gasteiger partial charge in [-0.15, -0.1) is 0 Å². The summed E-state index contributed by atoms with van der Waals surface area (Å²) in [6, 6.07) is 7.51. The summed E-state index contributed by atoms with van der Waals surface area (Å²) < 4.78 is 16.5. The molecule has 2 aliphatic heterocycles. The summed E-state index contributed by atoms with van der Waals surface area (Å²) in [6.45, 7) is 2.00. The Hall–Kier alpha value is -2.67. The number of methoxy groups -OCH3 is 1. The van der Waals surface area contributed by atoms with Crippen LogP contribution in [-0.4, -0.2) is 42.2 Å². The van der Waals surface area contributed by atoms with Crippen LogP contribution >= 0.6 is 0 Å². The average molecular weight is 370 g/mol. The van der Waals surface area contributed by atoms with Crippen LogP contribution < -0.4 is 10.1 Å². The number of carbonyl (C=O) groups is 2. The molecule has 0 radical (unpaired) electrons. The lowest BCUT2D eigenvalue weighted by Gasteiger charge is -2.36. The molecule has 0 saturated carbocycles. The fraction of sp³-hybridized carbons (Fsp3) is 0.450. The molecule has 1 N–H and O–H groups in total. The number of benzene rings is 1. The smallest absolute Gasteiger partial charge is 0.323 e. The van der Waals surface area contributed by atoms with Gasteiger partial charge in [0, 0.05) is 30.8 Å². The Bertz CT molecular complexity index is 913. The first kappa shape index (κ1) is 17.7. The Morgan fingerprint density at radius 2 is 2.19 bits per heavy atom. The Balaban J connectivity index is 1.72. The van der Waals surface area contributed by atoms with Gasteiger partial charge in [0.2, 0.25) is 0 Å². The maximum absolute atomic E-state index is 11.9. The molecule has 0 bridgehead atoms. The summed E-state index contributed by atoms with van der Waals surface area (Å²) in [7, 11) is 1.39. The van der Waals surface area contributed by atoms with Crippen LogP contribution in [0.25, 0.3) is 10.9 Å². The Morgan fingerprint density at radius 1 is 1.37 bits per heavy atom. The molecule has 142 valence electrons. The molecule has 4 rings (SSSR count). The number of ether oxygens (including phenoxy) is 3. The number of hydrogen-bond acceptors (Lipinski definition) is 7. The molecule has 7 nitrogen and oxygen atoms in total. The van der Waals surface area contributed by atoms with E-state index < -0.39 is 5.60 Å². The largest absolute Gasteiger partial charge is 0.483 e. The molecule has 1 saturated heterocycles. The van der Waals surface area contributed by atoms with Crippen LogP contribution in [0, 0.1) is 0 Å². The number of fused-ring (bicyclic) bond motifs is 3. The zero-order chi connectivity index (χ0) is 19.0. The Kier molecular flexibility index (Phi) is 4.47. The van der Waals surface area contributed by atoms with Gasteiger partial charge in [0.25, 0.3) is 0 Å². The number of nitrogens with zero attached hydrogens (tertiary/aromatic N) is 1. The van der Waals surface area contributed by atoms with Crippen molar-refractivity contribution in [2.24, 2.45) is 0 Å². The number of aryl methyl sites for hydroxylation is 1. The summed E-state index contributed by atoms with van der Waals surface area (Å²) in [4.78, 5) is 27.9. The molecule has 2 aliphatic rings. The summed E-state index contributed by atoms with van der Waals surface area (Å²) >= 11 is 0. The van der Waals surface area contributed by atoms with Gasteiger partial charge in [-0.3, -0.25) is 9.59 Å². The third-order valence-electron chi connectivity index (χ3n) is 5.31. The van der Waals surface area contributed by atoms with Crippen molar-refractivity contribution in [3.05, 3.63) is 35.5 Å². The van der Waals surface area contributed by atoms with E-state index in [2.05, 4.69) is 10.3 Å². The number of hydrogen-bond donors (Lipinski definition) is 1. The first-order valence-corrected chi connectivity index (χ1v) is 9.05. The fourth-order valence-electron chi connectivity index (χ4n) is 3.98. The number of nitrogens with one attached hydrogen (secondary N) is 1. The SMILES string of the molecule is COC(=O)[C@@H]1CC2(CCc3c(c(COC(C)=O)nc4ccccc34)O2)CN1. The van der Waals surface area contributed by atoms with E-state index in [1.165, 1.54) is 14.0 Å². The maximum atomic E-state index is 11.9. The second kappa shape index (κ2) is 6.81. The van der Waals surface area contributed by atoms with E-state index in [-0.39, 0.29) is 24.6 Å². The minimum atomic E-state index is -0.485. The molecule has 1 aromatic heterocycles. The third-order valence-corrected chi connectivity index (χ3v) is 5.31. The lowest BCUT2D eigenvalue weighted by atomic mass is 9.87. The van der Waals surface area contributed by atoms with E-state index >= 15 is 0 Å². The van der Waals surface area contributed by atoms with Gasteiger partial charge >= 0.3 is 11.9 Å². The van der Waals surface area contributed by atoms with Gasteiger partial charge in [-0.2, -0.15) is 0 Å². The van der Waals surface area contributed by atoms with Crippen molar-refractivity contribution < 1.29 is 23.8 Å². The minimum absolute atomic E-state index is 0.0619. The van der Waals surface area contributed by atoms with E-state index in [4.69, 9.17) is 14.2 Å². The number of carbonyl (C=O) groups excluding carboxylic acids is 2. The first-order valence-electron chi connectivity index (χ1n) is 9.05. The predicted octanol–water partition coefficient (Wildman–Crippen LogP) is 1.90. The molecular formula is C20H22N2O5. The molecule has 1 unspecified atom stereocenters. The lowest BCUT2D eigenvalue weighted by molar-refractivity contribution is -0.143. The summed E-state index contributed by atoms with van der Waals surface area (Å²) in [5.41, 5.74) is 2.06. The summed E-state index contributed by atoms with van der Waals surface area (Å²) in [5, 5.41) is 4.25. The van der Waals surface area contributed by atoms with Crippen LogP contribution in [-0.2, 0) is 32.1 Å². The van der Waals surface area contributed by atoms with E-state index in [9.17, 15) is 9.59 Å². The summed E-state index contributed by atoms with van der Waals surface area (Å²) in [6.07, 6.45) is 2.14. The van der Waals surface area contributed by atoms with Gasteiger partial charge in [0.15, 0.2) is 0 Å². The monoisotopic (exact) mass is 370 g/mol. The second-order valence-electron chi connectivity index (χ2n) is 7.11. The third kappa shape index (κ3) is 3.23. The van der Waals surface area contributed by atoms with Crippen LogP contribution in [0.5, 0.6) is 5.75 Å². The van der Waals surface area contributed by atoms with Gasteiger partial charge in [0.05, 0.1) is 12.6 Å². The lowest BCUT2D eigenvalue weighted by Crippen LogP contribution is -2.42. The van der Waals surface area contributed by atoms with Crippen molar-refractivity contribution in [2.45, 2.75) is 44.4 Å². The number of para-hydroxylation sites is 1. The molecule has 0 aliphatic carbocycles. The van der Waals surface area contributed by atoms with Gasteiger partial charge in [-0.1, -0.05) is 18.2 Å². The van der Waals surface area contributed by atoms with E-state index in [0.717, 1.165) is 29.3 Å². The molecule has 1 spiro atoms. The van der Waals surface area contributed by atoms with Gasteiger partial charge < -0.3 is 19.5 Å². The van der Waals surface area contributed by atoms with Gasteiger partial charge in [-0.25, -0.2) is 4.98 Å². The molecule has 2 aromatic rings. The number of aromatic nitrogens is 1. The van der Waals surface area contributed by atoms with Crippen molar-refractivity contribution in [2.75, 3.05) is 13.7 Å². The molecular weight excluding hydrogens is 348 g/mol. The zero-order valence-corrected chi connectivity index (χ0v) is 15.4. The van der Waals surface area contributed by atoms with Crippen LogP contribution in [0.2, 0.25) is 0 Å². The van der Waals surface area contributed by atoms with Crippen molar-refractivity contribution >= 4 is 22.8 Å². The predicted molar refractivity (Wildman–Crippen MR) is 97.3 cm³/mol. The molecule has 1 aromatic carbocycles. The van der Waals surface area contributed by atoms with Crippen LogP contribution in [0.4, 0.5) is 0 Å². The van der Waals surface area contributed by atoms with Crippen molar-refractivity contribution in [3.8, 4) is 5.75 Å². The standard InChI is InChI=1S/C20H22N2O5/c1-12(23)26-10-17-18-14(13-5-3-4-6-15(13)22-17)7-8-20(27-18)9-16(21-11-20)19(24)25-2/h3-6,16,21H,7-11H2,1-2H3/t16-,20?/m0/s1. The average Bonchev–Trinajstić information content (AvgIpc) is 3.08. The first-order chi connectivity index (χ1) is 13.0. The van der Waals surface area contributed by atoms with Crippen molar-refractivity contribution in [1.82, 2.24) is 10.3 Å². The Labute approximate surface area is 157 Å². The van der Waals surface area contributed by atoms with Crippen molar-refractivity contribution in [3.63, 3.8) is 0 Å². The van der Waals surface area contributed by atoms with Gasteiger partial charge in [-0.05, 0) is 18.9 Å². The van der Waals surface area contributed by atoms with Crippen LogP contribution in [0.15, 0.2) is 24.3 Å². The Morgan fingerprint density at radius 3 is 2.96 bits per heavy atom. The highest BCUT2D eigenvalue weighted by Crippen LogP contribution is 2.42. The number of rotatable bonds is 3. The maximum Gasteiger partial charge on any atom is 0.323 e. The molecule has 0 amide bonds. The molecule has 3 heterocycles. The van der Waals surface area contributed by atoms with E-state index in [0.29, 0.717) is 24.4 Å². The highest BCUT2D eigenvalue weighted by molar-refractivity contribution is 5.85. The highest BCUT2D eigenvalue weighted by Gasteiger charge is 2.47. The van der Waals surface area contributed by atoms with Gasteiger partial charge in [0.1, 0.15) is 29.7 Å². The molecule has 27 heavy (non-hydrogen) atoms. The topological polar surface area (TPSA) is 86.8 Å². The summed E-state index contributed by atoms with van der Waals surface area (Å²) in [5.74, 6) is 0.0316. The van der Waals surface area contributed by atoms with Crippen molar-refractivity contribution in [1.29, 1.82) is 0 Å². The second-order valence-corrected chi connectivity index (χ2v) is 7.11. The number of pyridine rings is 1. The highest BCUT2D eigenvalue weighted by atomic mass is 16.5. The normalized spacial score (nSPS) is 23.7. The van der Waals surface area contributed by atoms with E-state index in [1.54, 1.807) is 0 Å². The molecule has 1 fully saturated rings. The van der Waals surface area contributed by atoms with Crippen LogP contribution in [0.3, 0.4) is 0 Å². The molecule has 2 atom stereocenters. The van der Waals surface area contributed by atoms with Crippen LogP contribution in [0.1, 0.15) is 31.0 Å². The number of esters is 2. The molecule has 7 heteroatoms. The quantitative estimate of drug-likeness (QED) is 0.826. The fourth-order valence-corrected chi connectivity index (χ4v) is 3.98. The minimum Gasteiger partial charge on any atom is -0.483 e. The zero-order valence-electron chi connectivity index (χ0n) is 15.4.